The summed E-state index contributed by atoms with van der Waals surface area (Å²) in [7, 11) is 3.18. The summed E-state index contributed by atoms with van der Waals surface area (Å²) in [5.74, 6) is 1.99. The maximum Gasteiger partial charge on any atom is 0.253 e. The number of rotatable bonds is 13. The standard InChI is InChI=1S/C35H34N6O5S2/c1-4-46-25-17-15-24(16-18-25)40-31(21-36-34(43)23-10-6-5-7-11-23)37-38-35(40)48-22-32(42)41-28(20-27(39-41)30-14-9-19-47-30)26-12-8-13-29(44-2)33(26)45-3/h5-19,28H,4,20-22H2,1-3H3,(H,36,43). The van der Waals surface area contributed by atoms with Crippen LogP contribution in [0.2, 0.25) is 0 Å². The highest BCUT2D eigenvalue weighted by molar-refractivity contribution is 7.99. The second-order valence-electron chi connectivity index (χ2n) is 10.6. The molecule has 0 saturated carbocycles. The number of nitrogens with one attached hydrogen (secondary N) is 1. The summed E-state index contributed by atoms with van der Waals surface area (Å²) < 4.78 is 18.8. The number of thioether (sulfide) groups is 1. The van der Waals surface area contributed by atoms with Crippen molar-refractivity contribution >= 4 is 40.6 Å². The van der Waals surface area contributed by atoms with Gasteiger partial charge < -0.3 is 19.5 Å². The number of carbonyl (C=O) groups is 2. The first-order valence-corrected chi connectivity index (χ1v) is 17.1. The number of aromatic nitrogens is 3. The predicted octanol–water partition coefficient (Wildman–Crippen LogP) is 6.14. The Morgan fingerprint density at radius 3 is 2.48 bits per heavy atom. The molecule has 3 aromatic carbocycles. The molecule has 0 bridgehead atoms. The van der Waals surface area contributed by atoms with Crippen LogP contribution in [0.15, 0.2) is 101 Å². The monoisotopic (exact) mass is 682 g/mol. The van der Waals surface area contributed by atoms with E-state index in [-0.39, 0.29) is 24.1 Å². The summed E-state index contributed by atoms with van der Waals surface area (Å²) in [5, 5.41) is 20.6. The second-order valence-corrected chi connectivity index (χ2v) is 12.5. The number of thiophene rings is 1. The first-order chi connectivity index (χ1) is 23.5. The summed E-state index contributed by atoms with van der Waals surface area (Å²) in [6.07, 6.45) is 0.522. The highest BCUT2D eigenvalue weighted by atomic mass is 32.2. The van der Waals surface area contributed by atoms with Crippen molar-refractivity contribution in [2.45, 2.75) is 31.1 Å². The minimum atomic E-state index is -0.395. The number of hydrazone groups is 1. The lowest BCUT2D eigenvalue weighted by Crippen LogP contribution is -2.29. The smallest absolute Gasteiger partial charge is 0.253 e. The Labute approximate surface area is 286 Å². The van der Waals surface area contributed by atoms with Crippen molar-refractivity contribution in [2.24, 2.45) is 5.10 Å². The van der Waals surface area contributed by atoms with Gasteiger partial charge in [0.2, 0.25) is 0 Å². The number of benzene rings is 3. The van der Waals surface area contributed by atoms with E-state index in [1.165, 1.54) is 16.8 Å². The molecule has 13 heteroatoms. The van der Waals surface area contributed by atoms with Gasteiger partial charge in [-0.3, -0.25) is 14.2 Å². The molecule has 2 aromatic heterocycles. The fourth-order valence-corrected chi connectivity index (χ4v) is 6.96. The highest BCUT2D eigenvalue weighted by Crippen LogP contribution is 2.42. The molecule has 2 amide bonds. The fraction of sp³-hybridized carbons (Fsp3) is 0.229. The second kappa shape index (κ2) is 15.2. The van der Waals surface area contributed by atoms with Crippen molar-refractivity contribution in [1.82, 2.24) is 25.1 Å². The summed E-state index contributed by atoms with van der Waals surface area (Å²) in [6, 6.07) is 25.7. The van der Waals surface area contributed by atoms with E-state index in [0.717, 1.165) is 27.6 Å². The Kier molecular flexibility index (Phi) is 10.4. The molecule has 1 aliphatic rings. The number of carbonyl (C=O) groups excluding carboxylic acids is 2. The van der Waals surface area contributed by atoms with Crippen LogP contribution in [0, 0.1) is 0 Å². The molecular formula is C35H34N6O5S2. The Morgan fingerprint density at radius 1 is 0.958 bits per heavy atom. The third kappa shape index (κ3) is 7.06. The zero-order valence-electron chi connectivity index (χ0n) is 26.7. The van der Waals surface area contributed by atoms with E-state index < -0.39 is 6.04 Å². The summed E-state index contributed by atoms with van der Waals surface area (Å²) in [4.78, 5) is 27.8. The average Bonchev–Trinajstić information content (AvgIpc) is 3.90. The van der Waals surface area contributed by atoms with Gasteiger partial charge in [-0.05, 0) is 60.8 Å². The van der Waals surface area contributed by atoms with E-state index in [9.17, 15) is 9.59 Å². The number of para-hydroxylation sites is 1. The molecule has 1 aliphatic heterocycles. The zero-order valence-corrected chi connectivity index (χ0v) is 28.3. The SMILES string of the molecule is CCOc1ccc(-n2c(CNC(=O)c3ccccc3)nnc2SCC(=O)N2N=C(c3cccs3)CC2c2cccc(OC)c2OC)cc1. The van der Waals surface area contributed by atoms with Crippen LogP contribution in [-0.2, 0) is 11.3 Å². The average molecular weight is 683 g/mol. The molecular weight excluding hydrogens is 649 g/mol. The lowest BCUT2D eigenvalue weighted by molar-refractivity contribution is -0.130. The maximum atomic E-state index is 14.0. The third-order valence-corrected chi connectivity index (χ3v) is 9.47. The summed E-state index contributed by atoms with van der Waals surface area (Å²) >= 11 is 2.83. The van der Waals surface area contributed by atoms with Gasteiger partial charge in [0.15, 0.2) is 22.5 Å². The quantitative estimate of drug-likeness (QED) is 0.147. The van der Waals surface area contributed by atoms with Gasteiger partial charge in [-0.1, -0.05) is 48.2 Å². The van der Waals surface area contributed by atoms with Gasteiger partial charge in [-0.25, -0.2) is 5.01 Å². The first-order valence-electron chi connectivity index (χ1n) is 15.3. The Morgan fingerprint density at radius 2 is 1.77 bits per heavy atom. The van der Waals surface area contributed by atoms with Gasteiger partial charge in [0, 0.05) is 23.2 Å². The van der Waals surface area contributed by atoms with Gasteiger partial charge in [0.1, 0.15) is 5.75 Å². The topological polar surface area (TPSA) is 120 Å². The zero-order chi connectivity index (χ0) is 33.5. The summed E-state index contributed by atoms with van der Waals surface area (Å²) in [5.41, 5.74) is 2.94. The first kappa shape index (κ1) is 32.8. The maximum absolute atomic E-state index is 14.0. The molecule has 48 heavy (non-hydrogen) atoms. The molecule has 3 heterocycles. The molecule has 11 nitrogen and oxygen atoms in total. The predicted molar refractivity (Wildman–Crippen MR) is 185 cm³/mol. The number of methoxy groups -OCH3 is 2. The number of nitrogens with zero attached hydrogens (tertiary/aromatic N) is 5. The normalized spacial score (nSPS) is 14.0. The van der Waals surface area contributed by atoms with Crippen molar-refractivity contribution < 1.29 is 23.8 Å². The van der Waals surface area contributed by atoms with Crippen LogP contribution in [0.1, 0.15) is 46.0 Å². The number of hydrogen-bond donors (Lipinski definition) is 1. The van der Waals surface area contributed by atoms with Crippen molar-refractivity contribution in [2.75, 3.05) is 26.6 Å². The highest BCUT2D eigenvalue weighted by Gasteiger charge is 2.36. The molecule has 246 valence electrons. The van der Waals surface area contributed by atoms with Gasteiger partial charge in [0.05, 0.1) is 49.8 Å². The van der Waals surface area contributed by atoms with Crippen molar-refractivity contribution in [3.05, 3.63) is 112 Å². The van der Waals surface area contributed by atoms with E-state index in [1.807, 2.05) is 89.7 Å². The van der Waals surface area contributed by atoms with Crippen molar-refractivity contribution in [3.63, 3.8) is 0 Å². The molecule has 1 N–H and O–H groups in total. The van der Waals surface area contributed by atoms with E-state index >= 15 is 0 Å². The number of hydrogen-bond acceptors (Lipinski definition) is 10. The van der Waals surface area contributed by atoms with Crippen LogP contribution < -0.4 is 19.5 Å². The van der Waals surface area contributed by atoms with Crippen LogP contribution in [0.25, 0.3) is 5.69 Å². The summed E-state index contributed by atoms with van der Waals surface area (Å²) in [6.45, 7) is 2.60. The molecule has 1 atom stereocenters. The van der Waals surface area contributed by atoms with E-state index in [1.54, 1.807) is 37.7 Å². The molecule has 0 spiro atoms. The Bertz CT molecular complexity index is 1890. The largest absolute Gasteiger partial charge is 0.494 e. The molecule has 0 aliphatic carbocycles. The molecule has 0 radical (unpaired) electrons. The van der Waals surface area contributed by atoms with Crippen LogP contribution in [0.3, 0.4) is 0 Å². The fourth-order valence-electron chi connectivity index (χ4n) is 5.42. The van der Waals surface area contributed by atoms with Crippen LogP contribution in [0.4, 0.5) is 0 Å². The lowest BCUT2D eigenvalue weighted by Gasteiger charge is -2.24. The van der Waals surface area contributed by atoms with Crippen molar-refractivity contribution in [1.29, 1.82) is 0 Å². The molecule has 0 fully saturated rings. The minimum absolute atomic E-state index is 0.0372. The van der Waals surface area contributed by atoms with E-state index in [0.29, 0.717) is 41.1 Å². The third-order valence-electron chi connectivity index (χ3n) is 7.64. The molecule has 6 rings (SSSR count). The van der Waals surface area contributed by atoms with Crippen LogP contribution >= 0.6 is 23.1 Å². The van der Waals surface area contributed by atoms with Gasteiger partial charge >= 0.3 is 0 Å². The molecule has 5 aromatic rings. The number of ether oxygens (including phenoxy) is 3. The molecule has 1 unspecified atom stereocenters. The van der Waals surface area contributed by atoms with E-state index in [4.69, 9.17) is 19.3 Å². The number of amides is 2. The Balaban J connectivity index is 1.27. The van der Waals surface area contributed by atoms with E-state index in [2.05, 4.69) is 15.5 Å². The minimum Gasteiger partial charge on any atom is -0.494 e. The van der Waals surface area contributed by atoms with Crippen LogP contribution in [0.5, 0.6) is 17.2 Å². The van der Waals surface area contributed by atoms with Gasteiger partial charge in [-0.15, -0.1) is 21.5 Å². The van der Waals surface area contributed by atoms with Gasteiger partial charge in [0.25, 0.3) is 11.8 Å². The molecule has 0 saturated heterocycles. The van der Waals surface area contributed by atoms with Gasteiger partial charge in [-0.2, -0.15) is 5.10 Å². The Hall–Kier alpha value is -5.14. The van der Waals surface area contributed by atoms with Crippen LogP contribution in [-0.4, -0.2) is 63.9 Å². The van der Waals surface area contributed by atoms with Crippen molar-refractivity contribution in [3.8, 4) is 22.9 Å². The lowest BCUT2D eigenvalue weighted by atomic mass is 9.99.